The molecule has 3 aromatic rings. The van der Waals surface area contributed by atoms with E-state index in [4.69, 9.17) is 9.47 Å². The van der Waals surface area contributed by atoms with E-state index < -0.39 is 17.1 Å². The van der Waals surface area contributed by atoms with Gasteiger partial charge >= 0.3 is 0 Å². The van der Waals surface area contributed by atoms with E-state index in [0.717, 1.165) is 22.3 Å². The highest BCUT2D eigenvalue weighted by Gasteiger charge is 2.63. The van der Waals surface area contributed by atoms with Crippen molar-refractivity contribution in [3.63, 3.8) is 0 Å². The molecule has 1 saturated heterocycles. The van der Waals surface area contributed by atoms with Crippen LogP contribution in [0.15, 0.2) is 84.9 Å². The summed E-state index contributed by atoms with van der Waals surface area (Å²) in [5.41, 5.74) is 3.29. The zero-order valence-corrected chi connectivity index (χ0v) is 16.5. The number of carbonyl (C=O) groups excluding carboxylic acids is 1. The molecule has 29 heavy (non-hydrogen) atoms. The van der Waals surface area contributed by atoms with Gasteiger partial charge in [-0.25, -0.2) is 0 Å². The monoisotopic (exact) mass is 384 g/mol. The average Bonchev–Trinajstić information content (AvgIpc) is 3.37. The SMILES string of the molecule is CCC1(C2C(=O)c3ccccc3C2(c2ccccc2)c2ccccc2)OCCO1. The Morgan fingerprint density at radius 3 is 1.86 bits per heavy atom. The van der Waals surface area contributed by atoms with Crippen LogP contribution in [-0.2, 0) is 14.9 Å². The van der Waals surface area contributed by atoms with Gasteiger partial charge in [0.15, 0.2) is 11.6 Å². The van der Waals surface area contributed by atoms with Gasteiger partial charge in [-0.3, -0.25) is 4.79 Å². The summed E-state index contributed by atoms with van der Waals surface area (Å²) in [4.78, 5) is 14.0. The molecule has 0 N–H and O–H groups in total. The second-order valence-electron chi connectivity index (χ2n) is 7.75. The Labute approximate surface area is 171 Å². The Balaban J connectivity index is 1.90. The Bertz CT molecular complexity index is 981. The van der Waals surface area contributed by atoms with Crippen molar-refractivity contribution in [3.05, 3.63) is 107 Å². The molecule has 0 bridgehead atoms. The van der Waals surface area contributed by atoms with Crippen LogP contribution in [-0.4, -0.2) is 24.8 Å². The Kier molecular flexibility index (Phi) is 4.38. The van der Waals surface area contributed by atoms with E-state index in [0.29, 0.717) is 19.6 Å². The van der Waals surface area contributed by atoms with Crippen molar-refractivity contribution in [2.75, 3.05) is 13.2 Å². The summed E-state index contributed by atoms with van der Waals surface area (Å²) in [7, 11) is 0. The van der Waals surface area contributed by atoms with Gasteiger partial charge in [-0.05, 0) is 23.1 Å². The molecular formula is C26H24O3. The van der Waals surface area contributed by atoms with Crippen LogP contribution >= 0.6 is 0 Å². The number of ketones is 1. The molecule has 0 spiro atoms. The number of hydrogen-bond donors (Lipinski definition) is 0. The highest BCUT2D eigenvalue weighted by Crippen LogP contribution is 2.57. The average molecular weight is 384 g/mol. The summed E-state index contributed by atoms with van der Waals surface area (Å²) in [6.45, 7) is 3.06. The molecule has 1 unspecified atom stereocenters. The van der Waals surface area contributed by atoms with Gasteiger partial charge in [0.25, 0.3) is 0 Å². The summed E-state index contributed by atoms with van der Waals surface area (Å²) in [5.74, 6) is -1.34. The quantitative estimate of drug-likeness (QED) is 0.636. The van der Waals surface area contributed by atoms with Crippen LogP contribution in [0.25, 0.3) is 0 Å². The normalized spacial score (nSPS) is 21.8. The summed E-state index contributed by atoms with van der Waals surface area (Å²) >= 11 is 0. The minimum atomic E-state index is -0.943. The molecule has 3 aromatic carbocycles. The van der Waals surface area contributed by atoms with E-state index in [9.17, 15) is 4.79 Å². The molecule has 1 fully saturated rings. The van der Waals surface area contributed by atoms with E-state index in [1.807, 2.05) is 61.5 Å². The summed E-state index contributed by atoms with van der Waals surface area (Å²) in [5, 5.41) is 0. The maximum atomic E-state index is 14.0. The predicted molar refractivity (Wildman–Crippen MR) is 112 cm³/mol. The predicted octanol–water partition coefficient (Wildman–Crippen LogP) is 4.99. The molecule has 0 saturated carbocycles. The molecule has 1 aliphatic heterocycles. The van der Waals surface area contributed by atoms with E-state index >= 15 is 0 Å². The van der Waals surface area contributed by atoms with Crippen molar-refractivity contribution in [2.45, 2.75) is 24.5 Å². The summed E-state index contributed by atoms with van der Waals surface area (Å²) in [6, 6.07) is 28.6. The zero-order chi connectivity index (χ0) is 19.9. The fourth-order valence-electron chi connectivity index (χ4n) is 5.34. The number of ether oxygens (including phenoxy) is 2. The Hall–Kier alpha value is -2.75. The lowest BCUT2D eigenvalue weighted by atomic mass is 9.62. The number of hydrogen-bond acceptors (Lipinski definition) is 3. The van der Waals surface area contributed by atoms with Gasteiger partial charge in [0.1, 0.15) is 0 Å². The molecule has 1 aliphatic carbocycles. The largest absolute Gasteiger partial charge is 0.347 e. The summed E-state index contributed by atoms with van der Waals surface area (Å²) in [6.07, 6.45) is 0.610. The van der Waals surface area contributed by atoms with Gasteiger partial charge in [0, 0.05) is 5.56 Å². The van der Waals surface area contributed by atoms with Gasteiger partial charge in [-0.1, -0.05) is 91.9 Å². The molecule has 1 atom stereocenters. The van der Waals surface area contributed by atoms with Crippen LogP contribution in [0.3, 0.4) is 0 Å². The number of rotatable bonds is 4. The lowest BCUT2D eigenvalue weighted by Crippen LogP contribution is -2.52. The number of Topliss-reactive ketones (excluding diaryl/α,β-unsaturated/α-hetero) is 1. The van der Waals surface area contributed by atoms with Crippen molar-refractivity contribution in [3.8, 4) is 0 Å². The van der Waals surface area contributed by atoms with Gasteiger partial charge in [-0.15, -0.1) is 0 Å². The van der Waals surface area contributed by atoms with Gasteiger partial charge in [0.2, 0.25) is 0 Å². The topological polar surface area (TPSA) is 35.5 Å². The zero-order valence-electron chi connectivity index (χ0n) is 16.5. The lowest BCUT2D eigenvalue weighted by molar-refractivity contribution is -0.192. The molecule has 3 heteroatoms. The van der Waals surface area contributed by atoms with Gasteiger partial charge < -0.3 is 9.47 Å². The highest BCUT2D eigenvalue weighted by molar-refractivity contribution is 6.06. The molecule has 146 valence electrons. The number of benzene rings is 3. The van der Waals surface area contributed by atoms with Gasteiger partial charge in [-0.2, -0.15) is 0 Å². The molecule has 1 heterocycles. The third kappa shape index (κ3) is 2.48. The first-order valence-electron chi connectivity index (χ1n) is 10.3. The van der Waals surface area contributed by atoms with E-state index in [-0.39, 0.29) is 5.78 Å². The second kappa shape index (κ2) is 6.94. The number of fused-ring (bicyclic) bond motifs is 1. The Morgan fingerprint density at radius 2 is 1.31 bits per heavy atom. The fraction of sp³-hybridized carbons (Fsp3) is 0.269. The highest BCUT2D eigenvalue weighted by atomic mass is 16.7. The number of carbonyl (C=O) groups is 1. The molecule has 5 rings (SSSR count). The fourth-order valence-corrected chi connectivity index (χ4v) is 5.34. The molecule has 3 nitrogen and oxygen atoms in total. The van der Waals surface area contributed by atoms with Crippen molar-refractivity contribution in [1.29, 1.82) is 0 Å². The maximum Gasteiger partial charge on any atom is 0.179 e. The van der Waals surface area contributed by atoms with Crippen molar-refractivity contribution in [2.24, 2.45) is 5.92 Å². The molecular weight excluding hydrogens is 360 g/mol. The van der Waals surface area contributed by atoms with E-state index in [1.54, 1.807) is 0 Å². The first-order chi connectivity index (χ1) is 14.2. The van der Waals surface area contributed by atoms with E-state index in [1.165, 1.54) is 0 Å². The molecule has 0 radical (unpaired) electrons. The molecule has 2 aliphatic rings. The van der Waals surface area contributed by atoms with Crippen molar-refractivity contribution in [1.82, 2.24) is 0 Å². The third-order valence-corrected chi connectivity index (χ3v) is 6.48. The standard InChI is InChI=1S/C26H24O3/c1-2-25(28-17-18-29-25)24-23(27)21-15-9-10-16-22(21)26(24,19-11-5-3-6-12-19)20-13-7-4-8-14-20/h3-16,24H,2,17-18H2,1H3. The van der Waals surface area contributed by atoms with Crippen LogP contribution in [0, 0.1) is 5.92 Å². The van der Waals surface area contributed by atoms with Crippen molar-refractivity contribution < 1.29 is 14.3 Å². The Morgan fingerprint density at radius 1 is 0.793 bits per heavy atom. The minimum Gasteiger partial charge on any atom is -0.347 e. The van der Waals surface area contributed by atoms with Crippen LogP contribution in [0.4, 0.5) is 0 Å². The van der Waals surface area contributed by atoms with Gasteiger partial charge in [0.05, 0.1) is 24.5 Å². The first kappa shape index (κ1) is 18.3. The third-order valence-electron chi connectivity index (χ3n) is 6.48. The molecule has 0 amide bonds. The van der Waals surface area contributed by atoms with Crippen LogP contribution in [0.1, 0.15) is 40.4 Å². The second-order valence-corrected chi connectivity index (χ2v) is 7.75. The van der Waals surface area contributed by atoms with E-state index in [2.05, 4.69) is 30.3 Å². The van der Waals surface area contributed by atoms with Crippen molar-refractivity contribution >= 4 is 5.78 Å². The summed E-state index contributed by atoms with van der Waals surface area (Å²) < 4.78 is 12.5. The molecule has 0 aromatic heterocycles. The maximum absolute atomic E-state index is 14.0. The smallest absolute Gasteiger partial charge is 0.179 e. The minimum absolute atomic E-state index is 0.0945. The first-order valence-corrected chi connectivity index (χ1v) is 10.3. The van der Waals surface area contributed by atoms with Crippen LogP contribution in [0.2, 0.25) is 0 Å². The van der Waals surface area contributed by atoms with Crippen LogP contribution < -0.4 is 0 Å². The lowest BCUT2D eigenvalue weighted by Gasteiger charge is -2.44. The van der Waals surface area contributed by atoms with Crippen LogP contribution in [0.5, 0.6) is 0 Å².